The SMILES string of the molecule is CC(C)N1CCC(CNC(=O)c2cn(CCN)nn2)C1. The molecule has 0 bridgehead atoms. The Labute approximate surface area is 119 Å². The van der Waals surface area contributed by atoms with Gasteiger partial charge in [-0.3, -0.25) is 9.48 Å². The highest BCUT2D eigenvalue weighted by molar-refractivity contribution is 5.91. The fourth-order valence-electron chi connectivity index (χ4n) is 2.47. The maximum Gasteiger partial charge on any atom is 0.273 e. The Bertz CT molecular complexity index is 444. The quantitative estimate of drug-likeness (QED) is 0.746. The van der Waals surface area contributed by atoms with Crippen LogP contribution in [-0.2, 0) is 6.54 Å². The lowest BCUT2D eigenvalue weighted by Crippen LogP contribution is -2.33. The molecule has 3 N–H and O–H groups in total. The van der Waals surface area contributed by atoms with E-state index in [1.807, 2.05) is 0 Å². The van der Waals surface area contributed by atoms with Gasteiger partial charge in [0, 0.05) is 25.7 Å². The molecule has 0 radical (unpaired) electrons. The minimum Gasteiger partial charge on any atom is -0.350 e. The molecule has 1 aliphatic rings. The molecule has 2 rings (SSSR count). The summed E-state index contributed by atoms with van der Waals surface area (Å²) in [5.74, 6) is 0.372. The van der Waals surface area contributed by atoms with Crippen LogP contribution in [0.1, 0.15) is 30.8 Å². The summed E-state index contributed by atoms with van der Waals surface area (Å²) < 4.78 is 1.59. The highest BCUT2D eigenvalue weighted by Crippen LogP contribution is 2.17. The number of nitrogens with two attached hydrogens (primary N) is 1. The van der Waals surface area contributed by atoms with Crippen molar-refractivity contribution in [2.24, 2.45) is 11.7 Å². The van der Waals surface area contributed by atoms with Gasteiger partial charge in [-0.15, -0.1) is 5.10 Å². The summed E-state index contributed by atoms with van der Waals surface area (Å²) in [5.41, 5.74) is 5.79. The summed E-state index contributed by atoms with van der Waals surface area (Å²) in [6.45, 7) is 8.34. The fraction of sp³-hybridized carbons (Fsp3) is 0.769. The second-order valence-corrected chi connectivity index (χ2v) is 5.61. The highest BCUT2D eigenvalue weighted by atomic mass is 16.2. The van der Waals surface area contributed by atoms with Crippen LogP contribution in [0.3, 0.4) is 0 Å². The maximum absolute atomic E-state index is 12.0. The number of carbonyl (C=O) groups excluding carboxylic acids is 1. The Hall–Kier alpha value is -1.47. The average Bonchev–Trinajstić information content (AvgIpc) is 3.05. The van der Waals surface area contributed by atoms with Crippen LogP contribution < -0.4 is 11.1 Å². The zero-order valence-corrected chi connectivity index (χ0v) is 12.2. The molecule has 0 saturated carbocycles. The van der Waals surface area contributed by atoms with E-state index < -0.39 is 0 Å². The van der Waals surface area contributed by atoms with E-state index in [1.54, 1.807) is 10.9 Å². The lowest BCUT2D eigenvalue weighted by atomic mass is 10.1. The summed E-state index contributed by atoms with van der Waals surface area (Å²) in [7, 11) is 0. The topological polar surface area (TPSA) is 89.1 Å². The van der Waals surface area contributed by atoms with Crippen molar-refractivity contribution in [2.45, 2.75) is 32.9 Å². The van der Waals surface area contributed by atoms with E-state index in [9.17, 15) is 4.79 Å². The third kappa shape index (κ3) is 3.77. The molecule has 1 aromatic rings. The second kappa shape index (κ2) is 6.81. The molecular formula is C13H24N6O. The molecule has 1 aliphatic heterocycles. The summed E-state index contributed by atoms with van der Waals surface area (Å²) in [6, 6.07) is 0.576. The third-order valence-corrected chi connectivity index (χ3v) is 3.73. The van der Waals surface area contributed by atoms with E-state index in [0.717, 1.165) is 19.5 Å². The molecule has 0 spiro atoms. The lowest BCUT2D eigenvalue weighted by Gasteiger charge is -2.20. The van der Waals surface area contributed by atoms with Crippen LogP contribution in [0.5, 0.6) is 0 Å². The largest absolute Gasteiger partial charge is 0.350 e. The Morgan fingerprint density at radius 3 is 3.05 bits per heavy atom. The minimum absolute atomic E-state index is 0.156. The zero-order chi connectivity index (χ0) is 14.5. The number of hydrogen-bond donors (Lipinski definition) is 2. The second-order valence-electron chi connectivity index (χ2n) is 5.61. The van der Waals surface area contributed by atoms with Crippen LogP contribution in [0.4, 0.5) is 0 Å². The van der Waals surface area contributed by atoms with Crippen LogP contribution in [0, 0.1) is 5.92 Å². The van der Waals surface area contributed by atoms with Gasteiger partial charge in [-0.05, 0) is 32.7 Å². The van der Waals surface area contributed by atoms with Gasteiger partial charge in [0.25, 0.3) is 5.91 Å². The molecule has 7 heteroatoms. The molecule has 2 heterocycles. The molecule has 7 nitrogen and oxygen atoms in total. The van der Waals surface area contributed by atoms with Crippen molar-refractivity contribution >= 4 is 5.91 Å². The minimum atomic E-state index is -0.156. The molecule has 0 aromatic carbocycles. The Kier molecular flexibility index (Phi) is 5.08. The molecule has 1 amide bonds. The monoisotopic (exact) mass is 280 g/mol. The van der Waals surface area contributed by atoms with Crippen molar-refractivity contribution in [1.29, 1.82) is 0 Å². The predicted molar refractivity (Wildman–Crippen MR) is 76.2 cm³/mol. The Morgan fingerprint density at radius 1 is 1.60 bits per heavy atom. The average molecular weight is 280 g/mol. The first-order chi connectivity index (χ1) is 9.60. The van der Waals surface area contributed by atoms with Crippen molar-refractivity contribution in [3.63, 3.8) is 0 Å². The van der Waals surface area contributed by atoms with Gasteiger partial charge in [-0.1, -0.05) is 5.21 Å². The van der Waals surface area contributed by atoms with Gasteiger partial charge < -0.3 is 16.0 Å². The molecule has 1 unspecified atom stereocenters. The van der Waals surface area contributed by atoms with Gasteiger partial charge in [-0.2, -0.15) is 0 Å². The van der Waals surface area contributed by atoms with E-state index in [1.165, 1.54) is 0 Å². The summed E-state index contributed by atoms with van der Waals surface area (Å²) in [5, 5.41) is 10.7. The first-order valence-electron chi connectivity index (χ1n) is 7.22. The van der Waals surface area contributed by atoms with Gasteiger partial charge in [0.15, 0.2) is 5.69 Å². The van der Waals surface area contributed by atoms with Gasteiger partial charge in [0.1, 0.15) is 0 Å². The smallest absolute Gasteiger partial charge is 0.273 e. The summed E-state index contributed by atoms with van der Waals surface area (Å²) >= 11 is 0. The Balaban J connectivity index is 1.77. The molecule has 112 valence electrons. The van der Waals surface area contributed by atoms with E-state index in [2.05, 4.69) is 34.4 Å². The van der Waals surface area contributed by atoms with Gasteiger partial charge in [-0.25, -0.2) is 0 Å². The number of carbonyl (C=O) groups is 1. The van der Waals surface area contributed by atoms with Gasteiger partial charge >= 0.3 is 0 Å². The first-order valence-corrected chi connectivity index (χ1v) is 7.22. The highest BCUT2D eigenvalue weighted by Gasteiger charge is 2.24. The maximum atomic E-state index is 12.0. The first kappa shape index (κ1) is 14.9. The van der Waals surface area contributed by atoms with E-state index >= 15 is 0 Å². The molecule has 1 saturated heterocycles. The number of rotatable bonds is 6. The van der Waals surface area contributed by atoms with Gasteiger partial charge in [0.05, 0.1) is 12.7 Å². The van der Waals surface area contributed by atoms with Crippen molar-refractivity contribution in [1.82, 2.24) is 25.2 Å². The number of nitrogens with zero attached hydrogens (tertiary/aromatic N) is 4. The summed E-state index contributed by atoms with van der Waals surface area (Å²) in [6.07, 6.45) is 2.77. The van der Waals surface area contributed by atoms with Crippen LogP contribution in [0.2, 0.25) is 0 Å². The number of aromatic nitrogens is 3. The van der Waals surface area contributed by atoms with Crippen molar-refractivity contribution in [3.05, 3.63) is 11.9 Å². The van der Waals surface area contributed by atoms with Crippen molar-refractivity contribution in [3.8, 4) is 0 Å². The zero-order valence-electron chi connectivity index (χ0n) is 12.2. The van der Waals surface area contributed by atoms with E-state index in [-0.39, 0.29) is 5.91 Å². The van der Waals surface area contributed by atoms with E-state index in [0.29, 0.717) is 37.3 Å². The van der Waals surface area contributed by atoms with Crippen LogP contribution in [0.15, 0.2) is 6.20 Å². The van der Waals surface area contributed by atoms with Crippen molar-refractivity contribution in [2.75, 3.05) is 26.2 Å². The Morgan fingerprint density at radius 2 is 2.40 bits per heavy atom. The van der Waals surface area contributed by atoms with Gasteiger partial charge in [0.2, 0.25) is 0 Å². The van der Waals surface area contributed by atoms with Crippen LogP contribution >= 0.6 is 0 Å². The fourth-order valence-corrected chi connectivity index (χ4v) is 2.47. The number of amides is 1. The van der Waals surface area contributed by atoms with Crippen molar-refractivity contribution < 1.29 is 4.79 Å². The molecule has 20 heavy (non-hydrogen) atoms. The predicted octanol–water partition coefficient (Wildman–Crippen LogP) is -0.303. The van der Waals surface area contributed by atoms with Crippen LogP contribution in [0.25, 0.3) is 0 Å². The van der Waals surface area contributed by atoms with Crippen LogP contribution in [-0.4, -0.2) is 58.0 Å². The summed E-state index contributed by atoms with van der Waals surface area (Å²) in [4.78, 5) is 14.4. The molecule has 1 atom stereocenters. The number of likely N-dealkylation sites (tertiary alicyclic amines) is 1. The third-order valence-electron chi connectivity index (χ3n) is 3.73. The van der Waals surface area contributed by atoms with E-state index in [4.69, 9.17) is 5.73 Å². The molecular weight excluding hydrogens is 256 g/mol. The lowest BCUT2D eigenvalue weighted by molar-refractivity contribution is 0.0942. The number of nitrogens with one attached hydrogen (secondary N) is 1. The molecule has 1 fully saturated rings. The molecule has 1 aromatic heterocycles. The normalized spacial score (nSPS) is 19.7. The number of hydrogen-bond acceptors (Lipinski definition) is 5. The standard InChI is InChI=1S/C13H24N6O/c1-10(2)18-5-3-11(8-18)7-15-13(20)12-9-19(6-4-14)17-16-12/h9-11H,3-8,14H2,1-2H3,(H,15,20). The molecule has 0 aliphatic carbocycles.